The van der Waals surface area contributed by atoms with Crippen LogP contribution in [0.4, 0.5) is 5.69 Å². The van der Waals surface area contributed by atoms with Crippen LogP contribution in [0.5, 0.6) is 0 Å². The molecule has 6 rings (SSSR count). The minimum atomic E-state index is -0.384. The summed E-state index contributed by atoms with van der Waals surface area (Å²) in [6.07, 6.45) is 7.24. The van der Waals surface area contributed by atoms with Gasteiger partial charge in [0.25, 0.3) is 0 Å². The topological polar surface area (TPSA) is 92.8 Å². The predicted molar refractivity (Wildman–Crippen MR) is 116 cm³/mol. The molecule has 2 saturated carbocycles. The molecule has 3 fully saturated rings. The predicted octanol–water partition coefficient (Wildman–Crippen LogP) is 3.03. The number of rotatable bonds is 8. The van der Waals surface area contributed by atoms with Crippen LogP contribution < -0.4 is 5.32 Å². The Kier molecular flexibility index (Phi) is 5.35. The summed E-state index contributed by atoms with van der Waals surface area (Å²) >= 11 is 0. The highest BCUT2D eigenvalue weighted by Crippen LogP contribution is 2.65. The summed E-state index contributed by atoms with van der Waals surface area (Å²) in [6, 6.07) is 6.50. The lowest BCUT2D eigenvalue weighted by Crippen LogP contribution is -2.40. The second-order valence-corrected chi connectivity index (χ2v) is 9.35. The number of amides is 3. The molecule has 3 amide bonds. The first-order valence-electron chi connectivity index (χ1n) is 11.6. The molecule has 168 valence electrons. The van der Waals surface area contributed by atoms with Crippen LogP contribution in [0.25, 0.3) is 0 Å². The molecule has 1 saturated heterocycles. The van der Waals surface area contributed by atoms with Crippen molar-refractivity contribution in [1.82, 2.24) is 4.90 Å². The molecule has 4 aliphatic carbocycles. The third-order valence-electron chi connectivity index (χ3n) is 7.45. The molecule has 1 heterocycles. The van der Waals surface area contributed by atoms with Gasteiger partial charge in [-0.2, -0.15) is 0 Å². The summed E-state index contributed by atoms with van der Waals surface area (Å²) in [4.78, 5) is 51.6. The second-order valence-electron chi connectivity index (χ2n) is 9.35. The quantitative estimate of drug-likeness (QED) is 0.293. The number of nitrogens with one attached hydrogen (secondary N) is 1. The molecular formula is C25H28N2O5. The molecule has 0 unspecified atom stereocenters. The third-order valence-corrected chi connectivity index (χ3v) is 7.45. The number of carbonyl (C=O) groups is 4. The van der Waals surface area contributed by atoms with Gasteiger partial charge in [-0.3, -0.25) is 19.3 Å². The monoisotopic (exact) mass is 436 g/mol. The van der Waals surface area contributed by atoms with E-state index in [-0.39, 0.29) is 60.3 Å². The van der Waals surface area contributed by atoms with Crippen LogP contribution >= 0.6 is 0 Å². The van der Waals surface area contributed by atoms with Gasteiger partial charge in [-0.1, -0.05) is 25.5 Å². The van der Waals surface area contributed by atoms with E-state index in [1.807, 2.05) is 6.92 Å². The van der Waals surface area contributed by atoms with Gasteiger partial charge >= 0.3 is 5.97 Å². The van der Waals surface area contributed by atoms with E-state index in [9.17, 15) is 19.2 Å². The van der Waals surface area contributed by atoms with E-state index in [4.69, 9.17) is 4.74 Å². The van der Waals surface area contributed by atoms with Crippen LogP contribution in [0.15, 0.2) is 36.4 Å². The van der Waals surface area contributed by atoms with Crippen molar-refractivity contribution in [2.45, 2.75) is 32.6 Å². The summed E-state index contributed by atoms with van der Waals surface area (Å²) in [7, 11) is 0. The van der Waals surface area contributed by atoms with Gasteiger partial charge in [-0.25, -0.2) is 4.79 Å². The van der Waals surface area contributed by atoms with Gasteiger partial charge in [-0.05, 0) is 60.8 Å². The van der Waals surface area contributed by atoms with E-state index >= 15 is 0 Å². The van der Waals surface area contributed by atoms with E-state index in [1.54, 1.807) is 24.3 Å². The molecular weight excluding hydrogens is 408 g/mol. The number of unbranched alkanes of at least 4 members (excludes halogenated alkanes) is 1. The molecule has 0 radical (unpaired) electrons. The van der Waals surface area contributed by atoms with Crippen LogP contribution in [-0.2, 0) is 19.1 Å². The minimum Gasteiger partial charge on any atom is -0.462 e. The Bertz CT molecular complexity index is 949. The minimum absolute atomic E-state index is 0.0490. The normalized spacial score (nSPS) is 31.3. The maximum Gasteiger partial charge on any atom is 0.338 e. The van der Waals surface area contributed by atoms with Gasteiger partial charge in [-0.15, -0.1) is 0 Å². The zero-order valence-corrected chi connectivity index (χ0v) is 18.2. The number of hydrogen-bond donors (Lipinski definition) is 1. The Morgan fingerprint density at radius 2 is 1.66 bits per heavy atom. The van der Waals surface area contributed by atoms with E-state index in [0.717, 1.165) is 19.3 Å². The van der Waals surface area contributed by atoms with Crippen LogP contribution in [0.3, 0.4) is 0 Å². The average Bonchev–Trinajstić information content (AvgIpc) is 3.57. The van der Waals surface area contributed by atoms with E-state index in [1.165, 1.54) is 4.90 Å². The number of ether oxygens (including phenoxy) is 1. The van der Waals surface area contributed by atoms with Gasteiger partial charge in [0.15, 0.2) is 0 Å². The summed E-state index contributed by atoms with van der Waals surface area (Å²) in [5.41, 5.74) is 0.978. The lowest BCUT2D eigenvalue weighted by molar-refractivity contribution is -0.140. The Labute approximate surface area is 187 Å². The fourth-order valence-electron chi connectivity index (χ4n) is 5.76. The molecule has 0 spiro atoms. The number of anilines is 1. The highest BCUT2D eigenvalue weighted by molar-refractivity contribution is 6.06. The highest BCUT2D eigenvalue weighted by atomic mass is 16.5. The zero-order chi connectivity index (χ0) is 22.4. The maximum absolute atomic E-state index is 13.0. The SMILES string of the molecule is CCCCOC(=O)c1ccc(NC(=O)CCN2C(=O)[C@H]3[C@@H]4C=C[C@@H]([C@H]5C[C@H]45)[C@@H]3C2=O)cc1. The van der Waals surface area contributed by atoms with Gasteiger partial charge in [0.1, 0.15) is 0 Å². The summed E-state index contributed by atoms with van der Waals surface area (Å²) in [6.45, 7) is 2.52. The van der Waals surface area contributed by atoms with E-state index in [0.29, 0.717) is 29.7 Å². The smallest absolute Gasteiger partial charge is 0.338 e. The second kappa shape index (κ2) is 8.19. The summed E-state index contributed by atoms with van der Waals surface area (Å²) in [5, 5.41) is 2.77. The van der Waals surface area contributed by atoms with E-state index in [2.05, 4.69) is 17.5 Å². The summed E-state index contributed by atoms with van der Waals surface area (Å²) < 4.78 is 5.17. The first-order valence-corrected chi connectivity index (χ1v) is 11.6. The highest BCUT2D eigenvalue weighted by Gasteiger charge is 2.66. The first kappa shape index (κ1) is 20.9. The van der Waals surface area contributed by atoms with Crippen molar-refractivity contribution in [3.63, 3.8) is 0 Å². The molecule has 6 atom stereocenters. The molecule has 1 aromatic carbocycles. The maximum atomic E-state index is 13.0. The van der Waals surface area contributed by atoms with Crippen molar-refractivity contribution in [3.8, 4) is 0 Å². The van der Waals surface area contributed by atoms with Crippen LogP contribution in [0, 0.1) is 35.5 Å². The molecule has 32 heavy (non-hydrogen) atoms. The van der Waals surface area contributed by atoms with Gasteiger partial charge in [0, 0.05) is 18.7 Å². The number of hydrogen-bond acceptors (Lipinski definition) is 5. The van der Waals surface area contributed by atoms with Crippen molar-refractivity contribution in [1.29, 1.82) is 0 Å². The Morgan fingerprint density at radius 1 is 1.03 bits per heavy atom. The molecule has 0 aromatic heterocycles. The number of allylic oxidation sites excluding steroid dienone is 2. The van der Waals surface area contributed by atoms with Gasteiger partial charge in [0.05, 0.1) is 24.0 Å². The van der Waals surface area contributed by atoms with Crippen molar-refractivity contribution in [2.24, 2.45) is 35.5 Å². The lowest BCUT2D eigenvalue weighted by atomic mass is 9.63. The van der Waals surface area contributed by atoms with E-state index < -0.39 is 0 Å². The molecule has 5 aliphatic rings. The largest absolute Gasteiger partial charge is 0.462 e. The van der Waals surface area contributed by atoms with Crippen molar-refractivity contribution >= 4 is 29.4 Å². The van der Waals surface area contributed by atoms with Crippen LogP contribution in [0.2, 0.25) is 0 Å². The number of nitrogens with zero attached hydrogens (tertiary/aromatic N) is 1. The Morgan fingerprint density at radius 3 is 2.25 bits per heavy atom. The zero-order valence-electron chi connectivity index (χ0n) is 18.2. The van der Waals surface area contributed by atoms with Crippen molar-refractivity contribution in [3.05, 3.63) is 42.0 Å². The molecule has 1 aliphatic heterocycles. The number of carbonyl (C=O) groups excluding carboxylic acids is 4. The number of benzene rings is 1. The average molecular weight is 437 g/mol. The first-order chi connectivity index (χ1) is 15.5. The molecule has 2 bridgehead atoms. The fourth-order valence-corrected chi connectivity index (χ4v) is 5.76. The molecule has 1 N–H and O–H groups in total. The third kappa shape index (κ3) is 3.53. The van der Waals surface area contributed by atoms with Gasteiger partial charge < -0.3 is 10.1 Å². The fraction of sp³-hybridized carbons (Fsp3) is 0.520. The Hall–Kier alpha value is -2.96. The Balaban J connectivity index is 1.14. The standard InChI is InChI=1S/C25H28N2O5/c1-2-3-12-32-25(31)14-4-6-15(7-5-14)26-20(28)10-11-27-23(29)21-16-8-9-17(19-13-18(16)19)22(21)24(27)30/h4-9,16-19,21-22H,2-3,10-13H2,1H3,(H,26,28)/t16-,17+,18-,19-,21+,22+/m1/s1. The van der Waals surface area contributed by atoms with Crippen LogP contribution in [-0.4, -0.2) is 41.7 Å². The van der Waals surface area contributed by atoms with Crippen LogP contribution in [0.1, 0.15) is 43.0 Å². The molecule has 1 aromatic rings. The number of likely N-dealkylation sites (tertiary alicyclic amines) is 1. The summed E-state index contributed by atoms with van der Waals surface area (Å²) in [5.74, 6) is 0.189. The lowest BCUT2D eigenvalue weighted by Gasteiger charge is -2.37. The molecule has 7 nitrogen and oxygen atoms in total. The van der Waals surface area contributed by atoms with Crippen molar-refractivity contribution < 1.29 is 23.9 Å². The number of esters is 1. The number of imide groups is 1. The molecule has 7 heteroatoms. The van der Waals surface area contributed by atoms with Crippen molar-refractivity contribution in [2.75, 3.05) is 18.5 Å². The van der Waals surface area contributed by atoms with Gasteiger partial charge in [0.2, 0.25) is 17.7 Å².